The average molecular weight is 347 g/mol. The van der Waals surface area contributed by atoms with Gasteiger partial charge in [0.25, 0.3) is 0 Å². The van der Waals surface area contributed by atoms with Crippen molar-refractivity contribution >= 4 is 28.0 Å². The molecule has 0 aliphatic carbocycles. The summed E-state index contributed by atoms with van der Waals surface area (Å²) in [6.45, 7) is 5.71. The van der Waals surface area contributed by atoms with Gasteiger partial charge in [-0.3, -0.25) is 4.57 Å². The van der Waals surface area contributed by atoms with E-state index in [0.717, 1.165) is 22.6 Å². The quantitative estimate of drug-likeness (QED) is 0.595. The molecule has 26 heavy (non-hydrogen) atoms. The van der Waals surface area contributed by atoms with Gasteiger partial charge in [-0.1, -0.05) is 6.07 Å². The molecular formula is C19H17N5O2. The molecule has 0 aliphatic rings. The predicted octanol–water partition coefficient (Wildman–Crippen LogP) is 3.55. The van der Waals surface area contributed by atoms with E-state index in [1.54, 1.807) is 20.2 Å². The number of fused-ring (bicyclic) bond motifs is 3. The second-order valence-electron chi connectivity index (χ2n) is 6.17. The largest absolute Gasteiger partial charge is 0.496 e. The number of nitrogen functional groups attached to an aromatic ring is 1. The van der Waals surface area contributed by atoms with Gasteiger partial charge in [0.1, 0.15) is 28.7 Å². The fourth-order valence-corrected chi connectivity index (χ4v) is 3.47. The molecule has 0 unspecified atom stereocenters. The van der Waals surface area contributed by atoms with Gasteiger partial charge in [0.05, 0.1) is 12.8 Å². The standard InChI is InChI=1S/C19H17N5O2/c1-9-5-6-14(25-4)10(2)15(9)24-16-13(12(7-20)18(24)21)8-22-19-17(16)26-11(3)23-19/h5-6,8H,21H2,1-4H3. The second-order valence-corrected chi connectivity index (χ2v) is 6.17. The number of hydrogen-bond acceptors (Lipinski definition) is 6. The molecule has 3 aromatic heterocycles. The van der Waals surface area contributed by atoms with Crippen molar-refractivity contribution in [2.24, 2.45) is 0 Å². The number of anilines is 1. The van der Waals surface area contributed by atoms with E-state index in [1.807, 2.05) is 30.5 Å². The molecule has 2 N–H and O–H groups in total. The number of benzene rings is 1. The van der Waals surface area contributed by atoms with Gasteiger partial charge >= 0.3 is 0 Å². The highest BCUT2D eigenvalue weighted by Crippen LogP contribution is 2.38. The highest BCUT2D eigenvalue weighted by Gasteiger charge is 2.24. The summed E-state index contributed by atoms with van der Waals surface area (Å²) in [6, 6.07) is 6.06. The lowest BCUT2D eigenvalue weighted by Gasteiger charge is -2.17. The number of hydrogen-bond donors (Lipinski definition) is 1. The molecule has 0 saturated heterocycles. The van der Waals surface area contributed by atoms with Crippen LogP contribution in [0.5, 0.6) is 5.75 Å². The minimum atomic E-state index is 0.338. The highest BCUT2D eigenvalue weighted by molar-refractivity contribution is 6.05. The van der Waals surface area contributed by atoms with Gasteiger partial charge in [-0.15, -0.1) is 0 Å². The zero-order chi connectivity index (χ0) is 18.6. The summed E-state index contributed by atoms with van der Waals surface area (Å²) < 4.78 is 13.1. The fourth-order valence-electron chi connectivity index (χ4n) is 3.47. The van der Waals surface area contributed by atoms with Crippen LogP contribution in [0.1, 0.15) is 22.6 Å². The maximum Gasteiger partial charge on any atom is 0.201 e. The van der Waals surface area contributed by atoms with Crippen molar-refractivity contribution in [1.82, 2.24) is 14.5 Å². The Hall–Kier alpha value is -3.53. The smallest absolute Gasteiger partial charge is 0.201 e. The summed E-state index contributed by atoms with van der Waals surface area (Å²) in [5, 5.41) is 10.3. The van der Waals surface area contributed by atoms with Crippen molar-refractivity contribution < 1.29 is 9.15 Å². The van der Waals surface area contributed by atoms with Crippen LogP contribution in [-0.2, 0) is 0 Å². The Balaban J connectivity index is 2.26. The molecule has 0 spiro atoms. The van der Waals surface area contributed by atoms with E-state index >= 15 is 0 Å². The first-order valence-corrected chi connectivity index (χ1v) is 8.08. The van der Waals surface area contributed by atoms with E-state index in [0.29, 0.717) is 39.4 Å². The molecule has 0 atom stereocenters. The molecule has 4 aromatic rings. The van der Waals surface area contributed by atoms with Crippen LogP contribution in [0.25, 0.3) is 27.8 Å². The Bertz CT molecular complexity index is 1230. The molecule has 0 aliphatic heterocycles. The Morgan fingerprint density at radius 1 is 1.27 bits per heavy atom. The van der Waals surface area contributed by atoms with Crippen LogP contribution in [0, 0.1) is 32.1 Å². The van der Waals surface area contributed by atoms with Gasteiger partial charge < -0.3 is 14.9 Å². The number of nitrogens with two attached hydrogens (primary N) is 1. The normalized spacial score (nSPS) is 11.2. The summed E-state index contributed by atoms with van der Waals surface area (Å²) in [5.74, 6) is 1.58. The molecule has 0 amide bonds. The predicted molar refractivity (Wildman–Crippen MR) is 98.5 cm³/mol. The Kier molecular flexibility index (Phi) is 3.37. The van der Waals surface area contributed by atoms with Crippen LogP contribution in [-0.4, -0.2) is 21.6 Å². The first kappa shape index (κ1) is 16.0. The lowest BCUT2D eigenvalue weighted by atomic mass is 10.1. The third kappa shape index (κ3) is 1.99. The van der Waals surface area contributed by atoms with Crippen molar-refractivity contribution in [1.29, 1.82) is 5.26 Å². The third-order valence-electron chi connectivity index (χ3n) is 4.63. The van der Waals surface area contributed by atoms with Crippen LogP contribution in [0.15, 0.2) is 22.7 Å². The van der Waals surface area contributed by atoms with Gasteiger partial charge in [0.2, 0.25) is 5.65 Å². The van der Waals surface area contributed by atoms with Crippen LogP contribution in [0.3, 0.4) is 0 Å². The number of oxazole rings is 1. The number of aryl methyl sites for hydroxylation is 2. The minimum Gasteiger partial charge on any atom is -0.496 e. The summed E-state index contributed by atoms with van der Waals surface area (Å²) in [7, 11) is 1.63. The first-order valence-electron chi connectivity index (χ1n) is 8.08. The van der Waals surface area contributed by atoms with Gasteiger partial charge in [-0.2, -0.15) is 10.2 Å². The zero-order valence-corrected chi connectivity index (χ0v) is 14.9. The molecule has 3 heterocycles. The summed E-state index contributed by atoms with van der Waals surface area (Å²) in [4.78, 5) is 8.62. The van der Waals surface area contributed by atoms with E-state index in [9.17, 15) is 5.26 Å². The van der Waals surface area contributed by atoms with Crippen molar-refractivity contribution in [3.63, 3.8) is 0 Å². The molecule has 4 rings (SSSR count). The number of nitriles is 1. The molecule has 0 fully saturated rings. The van der Waals surface area contributed by atoms with E-state index in [2.05, 4.69) is 16.0 Å². The first-order chi connectivity index (χ1) is 12.5. The number of nitrogens with zero attached hydrogens (tertiary/aromatic N) is 4. The zero-order valence-electron chi connectivity index (χ0n) is 14.9. The van der Waals surface area contributed by atoms with E-state index in [1.165, 1.54) is 0 Å². The summed E-state index contributed by atoms with van der Waals surface area (Å²) >= 11 is 0. The van der Waals surface area contributed by atoms with Gasteiger partial charge in [0.15, 0.2) is 11.5 Å². The van der Waals surface area contributed by atoms with Crippen LogP contribution in [0.4, 0.5) is 5.82 Å². The molecule has 0 radical (unpaired) electrons. The molecule has 0 bridgehead atoms. The molecule has 130 valence electrons. The number of methoxy groups -OCH3 is 1. The Labute approximate surface area is 149 Å². The number of ether oxygens (including phenoxy) is 1. The van der Waals surface area contributed by atoms with Crippen LogP contribution in [0.2, 0.25) is 0 Å². The monoisotopic (exact) mass is 347 g/mol. The lowest BCUT2D eigenvalue weighted by Crippen LogP contribution is -2.06. The topological polar surface area (TPSA) is 103 Å². The molecular weight excluding hydrogens is 330 g/mol. The highest BCUT2D eigenvalue weighted by atomic mass is 16.5. The fraction of sp³-hybridized carbons (Fsp3) is 0.211. The molecule has 7 nitrogen and oxygen atoms in total. The van der Waals surface area contributed by atoms with Crippen LogP contribution < -0.4 is 10.5 Å². The number of pyridine rings is 1. The number of aromatic nitrogens is 3. The molecule has 0 saturated carbocycles. The van der Waals surface area contributed by atoms with E-state index < -0.39 is 0 Å². The number of rotatable bonds is 2. The summed E-state index contributed by atoms with van der Waals surface area (Å²) in [5.41, 5.74) is 11.2. The molecule has 1 aromatic carbocycles. The lowest BCUT2D eigenvalue weighted by molar-refractivity contribution is 0.411. The van der Waals surface area contributed by atoms with Crippen molar-refractivity contribution in [2.75, 3.05) is 12.8 Å². The maximum atomic E-state index is 9.65. The second kappa shape index (κ2) is 5.49. The summed E-state index contributed by atoms with van der Waals surface area (Å²) in [6.07, 6.45) is 1.62. The van der Waals surface area contributed by atoms with E-state index in [4.69, 9.17) is 14.9 Å². The van der Waals surface area contributed by atoms with Gasteiger partial charge in [0, 0.05) is 24.1 Å². The molecule has 7 heteroatoms. The van der Waals surface area contributed by atoms with Crippen molar-refractivity contribution in [2.45, 2.75) is 20.8 Å². The average Bonchev–Trinajstić information content (AvgIpc) is 3.12. The third-order valence-corrected chi connectivity index (χ3v) is 4.63. The van der Waals surface area contributed by atoms with E-state index in [-0.39, 0.29) is 0 Å². The SMILES string of the molecule is COc1ccc(C)c(-n2c(N)c(C#N)c3cnc4nc(C)oc4c32)c1C. The Morgan fingerprint density at radius 2 is 2.04 bits per heavy atom. The van der Waals surface area contributed by atoms with Gasteiger partial charge in [-0.05, 0) is 25.5 Å². The van der Waals surface area contributed by atoms with Gasteiger partial charge in [-0.25, -0.2) is 4.98 Å². The van der Waals surface area contributed by atoms with Crippen molar-refractivity contribution in [3.8, 4) is 17.5 Å². The Morgan fingerprint density at radius 3 is 2.73 bits per heavy atom. The van der Waals surface area contributed by atoms with Crippen molar-refractivity contribution in [3.05, 3.63) is 40.9 Å². The van der Waals surface area contributed by atoms with Crippen LogP contribution >= 0.6 is 0 Å². The maximum absolute atomic E-state index is 9.65. The minimum absolute atomic E-state index is 0.338.